The first kappa shape index (κ1) is 6.58. The van der Waals surface area contributed by atoms with Crippen molar-refractivity contribution in [3.05, 3.63) is 0 Å². The highest BCUT2D eigenvalue weighted by Gasteiger charge is 2.36. The molecule has 3 atom stereocenters. The summed E-state index contributed by atoms with van der Waals surface area (Å²) in [5, 5.41) is 6.71. The van der Waals surface area contributed by atoms with E-state index >= 15 is 0 Å². The topological polar surface area (TPSA) is 43.2 Å². The summed E-state index contributed by atoms with van der Waals surface area (Å²) >= 11 is 0. The molecule has 2 fully saturated rings. The minimum atomic E-state index is 0.544. The Morgan fingerprint density at radius 3 is 3.20 bits per heavy atom. The lowest BCUT2D eigenvalue weighted by Gasteiger charge is -2.14. The highest BCUT2D eigenvalue weighted by atomic mass is 16.5. The maximum atomic E-state index is 5.44. The molecule has 0 saturated carbocycles. The second-order valence-electron chi connectivity index (χ2n) is 3.30. The number of rotatable bonds is 0. The van der Waals surface area contributed by atoms with Gasteiger partial charge in [0.25, 0.3) is 0 Å². The van der Waals surface area contributed by atoms with Crippen molar-refractivity contribution in [3.8, 4) is 0 Å². The van der Waals surface area contributed by atoms with Crippen LogP contribution in [0.2, 0.25) is 0 Å². The van der Waals surface area contributed by atoms with Crippen LogP contribution in [-0.4, -0.2) is 32.0 Å². The zero-order valence-electron chi connectivity index (χ0n) is 6.26. The number of nitrogens with one attached hydrogen (secondary N) is 2. The summed E-state index contributed by atoms with van der Waals surface area (Å²) in [5.74, 6) is 0.656. The Bertz CT molecular complexity index is 127. The largest absolute Gasteiger partial charge is 0.379 e. The summed E-state index contributed by atoms with van der Waals surface area (Å²) in [6.45, 7) is 5.06. The van der Waals surface area contributed by atoms with Crippen LogP contribution in [0.25, 0.3) is 0 Å². The van der Waals surface area contributed by atoms with Gasteiger partial charge in [-0.15, -0.1) is 0 Å². The molecule has 0 bridgehead atoms. The minimum Gasteiger partial charge on any atom is -0.379 e. The molecular formula is C7H14N2O. The molecule has 0 spiro atoms. The van der Waals surface area contributed by atoms with E-state index in [2.05, 4.69) is 17.6 Å². The number of hydrogen-bond acceptors (Lipinski definition) is 3. The highest BCUT2D eigenvalue weighted by Crippen LogP contribution is 2.11. The molecule has 3 heteroatoms. The van der Waals surface area contributed by atoms with E-state index in [1.807, 2.05) is 0 Å². The second kappa shape index (κ2) is 2.49. The van der Waals surface area contributed by atoms with Gasteiger partial charge in [0.15, 0.2) is 0 Å². The molecule has 2 N–H and O–H groups in total. The third kappa shape index (κ3) is 1.31. The summed E-state index contributed by atoms with van der Waals surface area (Å²) < 4.78 is 5.44. The molecule has 0 aromatic rings. The molecule has 3 unspecified atom stereocenters. The number of fused-ring (bicyclic) bond motifs is 1. The summed E-state index contributed by atoms with van der Waals surface area (Å²) in [6, 6.07) is 0.590. The predicted octanol–water partition coefficient (Wildman–Crippen LogP) is -0.460. The van der Waals surface area contributed by atoms with Crippen LogP contribution in [0.15, 0.2) is 0 Å². The van der Waals surface area contributed by atoms with Crippen LogP contribution < -0.4 is 10.6 Å². The second-order valence-corrected chi connectivity index (χ2v) is 3.30. The Morgan fingerprint density at radius 2 is 2.30 bits per heavy atom. The van der Waals surface area contributed by atoms with E-state index in [1.165, 1.54) is 0 Å². The summed E-state index contributed by atoms with van der Waals surface area (Å²) in [7, 11) is 0. The molecule has 0 aromatic carbocycles. The quantitative estimate of drug-likeness (QED) is 0.450. The fourth-order valence-corrected chi connectivity index (χ4v) is 1.30. The zero-order valence-corrected chi connectivity index (χ0v) is 6.26. The Morgan fingerprint density at radius 1 is 1.40 bits per heavy atom. The Balaban J connectivity index is 1.83. The van der Waals surface area contributed by atoms with Gasteiger partial charge in [-0.2, -0.15) is 0 Å². The Labute approximate surface area is 61.1 Å². The van der Waals surface area contributed by atoms with Crippen molar-refractivity contribution in [2.24, 2.45) is 5.92 Å². The first-order chi connectivity index (χ1) is 4.86. The van der Waals surface area contributed by atoms with Crippen LogP contribution in [0.1, 0.15) is 6.92 Å². The molecule has 2 heterocycles. The predicted molar refractivity (Wildman–Crippen MR) is 38.7 cm³/mol. The van der Waals surface area contributed by atoms with Crippen LogP contribution in [0.4, 0.5) is 0 Å². The van der Waals surface area contributed by atoms with Crippen LogP contribution in [0, 0.1) is 5.92 Å². The van der Waals surface area contributed by atoms with Gasteiger partial charge < -0.3 is 10.1 Å². The van der Waals surface area contributed by atoms with E-state index < -0.39 is 0 Å². The van der Waals surface area contributed by atoms with Gasteiger partial charge in [0.1, 0.15) is 0 Å². The number of ether oxygens (including phenoxy) is 1. The molecule has 10 heavy (non-hydrogen) atoms. The van der Waals surface area contributed by atoms with Crippen molar-refractivity contribution in [1.82, 2.24) is 10.6 Å². The molecule has 0 aromatic heterocycles. The molecule has 0 radical (unpaired) electrons. The third-order valence-corrected chi connectivity index (χ3v) is 2.07. The third-order valence-electron chi connectivity index (χ3n) is 2.07. The average Bonchev–Trinajstić information content (AvgIpc) is 2.59. The van der Waals surface area contributed by atoms with Crippen molar-refractivity contribution in [1.29, 1.82) is 0 Å². The van der Waals surface area contributed by atoms with Gasteiger partial charge in [0.2, 0.25) is 0 Å². The van der Waals surface area contributed by atoms with E-state index in [0.717, 1.165) is 19.8 Å². The minimum absolute atomic E-state index is 0.544. The lowest BCUT2D eigenvalue weighted by molar-refractivity contribution is 0.0971. The Hall–Kier alpha value is -0.120. The van der Waals surface area contributed by atoms with Gasteiger partial charge in [-0.1, -0.05) is 6.92 Å². The van der Waals surface area contributed by atoms with Crippen molar-refractivity contribution in [2.45, 2.75) is 19.1 Å². The monoisotopic (exact) mass is 142 g/mol. The molecule has 58 valence electrons. The van der Waals surface area contributed by atoms with E-state index in [1.54, 1.807) is 0 Å². The van der Waals surface area contributed by atoms with Gasteiger partial charge >= 0.3 is 0 Å². The standard InChI is InChI=1S/C7H14N2O/c1-5-2-8-7-6(9-7)4-10-3-5/h5-9H,2-4H2,1H3. The van der Waals surface area contributed by atoms with Crippen molar-refractivity contribution < 1.29 is 4.74 Å². The van der Waals surface area contributed by atoms with Crippen LogP contribution in [0.3, 0.4) is 0 Å². The van der Waals surface area contributed by atoms with E-state index in [4.69, 9.17) is 4.74 Å². The van der Waals surface area contributed by atoms with E-state index in [0.29, 0.717) is 18.1 Å². The summed E-state index contributed by atoms with van der Waals surface area (Å²) in [4.78, 5) is 0. The van der Waals surface area contributed by atoms with Gasteiger partial charge in [-0.3, -0.25) is 5.32 Å². The lowest BCUT2D eigenvalue weighted by Crippen LogP contribution is -2.32. The van der Waals surface area contributed by atoms with Crippen molar-refractivity contribution >= 4 is 0 Å². The molecule has 2 aliphatic heterocycles. The molecule has 2 rings (SSSR count). The molecular weight excluding hydrogens is 128 g/mol. The Kier molecular flexibility index (Phi) is 1.64. The average molecular weight is 142 g/mol. The molecule has 2 saturated heterocycles. The normalized spacial score (nSPS) is 47.1. The zero-order chi connectivity index (χ0) is 6.97. The molecule has 0 aliphatic carbocycles. The van der Waals surface area contributed by atoms with E-state index in [-0.39, 0.29) is 0 Å². The SMILES string of the molecule is CC1CNC2NC2COC1. The van der Waals surface area contributed by atoms with Gasteiger partial charge in [0.05, 0.1) is 25.4 Å². The molecule has 3 nitrogen and oxygen atoms in total. The first-order valence-corrected chi connectivity index (χ1v) is 3.93. The van der Waals surface area contributed by atoms with Crippen LogP contribution in [-0.2, 0) is 4.74 Å². The van der Waals surface area contributed by atoms with Crippen LogP contribution in [0.5, 0.6) is 0 Å². The van der Waals surface area contributed by atoms with E-state index in [9.17, 15) is 0 Å². The first-order valence-electron chi connectivity index (χ1n) is 3.93. The maximum Gasteiger partial charge on any atom is 0.0757 e. The number of hydrogen-bond donors (Lipinski definition) is 2. The fourth-order valence-electron chi connectivity index (χ4n) is 1.30. The fraction of sp³-hybridized carbons (Fsp3) is 1.00. The summed E-state index contributed by atoms with van der Waals surface area (Å²) in [5.41, 5.74) is 0. The summed E-state index contributed by atoms with van der Waals surface area (Å²) in [6.07, 6.45) is 0.544. The lowest BCUT2D eigenvalue weighted by atomic mass is 10.2. The highest BCUT2D eigenvalue weighted by molar-refractivity contribution is 4.96. The molecule has 2 aliphatic rings. The molecule has 0 amide bonds. The van der Waals surface area contributed by atoms with Gasteiger partial charge in [0, 0.05) is 6.54 Å². The van der Waals surface area contributed by atoms with Gasteiger partial charge in [-0.25, -0.2) is 0 Å². The van der Waals surface area contributed by atoms with Crippen molar-refractivity contribution in [2.75, 3.05) is 19.8 Å². The van der Waals surface area contributed by atoms with Crippen molar-refractivity contribution in [3.63, 3.8) is 0 Å². The smallest absolute Gasteiger partial charge is 0.0757 e. The van der Waals surface area contributed by atoms with Crippen LogP contribution >= 0.6 is 0 Å². The maximum absolute atomic E-state index is 5.44. The van der Waals surface area contributed by atoms with Gasteiger partial charge in [-0.05, 0) is 5.92 Å².